The van der Waals surface area contributed by atoms with Crippen LogP contribution in [0.1, 0.15) is 25.3 Å². The summed E-state index contributed by atoms with van der Waals surface area (Å²) < 4.78 is 39.9. The van der Waals surface area contributed by atoms with Crippen molar-refractivity contribution in [3.8, 4) is 0 Å². The Morgan fingerprint density at radius 3 is 2.43 bits per heavy atom. The lowest BCUT2D eigenvalue weighted by Gasteiger charge is -2.09. The second kappa shape index (κ2) is 6.72. The Balaban J connectivity index is 2.15. The first-order valence-corrected chi connectivity index (χ1v) is 8.37. The van der Waals surface area contributed by atoms with Crippen LogP contribution in [-0.2, 0) is 16.4 Å². The molecule has 0 bridgehead atoms. The van der Waals surface area contributed by atoms with Gasteiger partial charge in [0.25, 0.3) is 10.0 Å². The molecular weight excluding hydrogens is 289 g/mol. The van der Waals surface area contributed by atoms with Crippen LogP contribution in [0.3, 0.4) is 0 Å². The lowest BCUT2D eigenvalue weighted by Crippen LogP contribution is -2.13. The average molecular weight is 307 g/mol. The molecule has 0 atom stereocenters. The van der Waals surface area contributed by atoms with Crippen LogP contribution in [0.2, 0.25) is 0 Å². The van der Waals surface area contributed by atoms with Crippen molar-refractivity contribution >= 4 is 15.7 Å². The summed E-state index contributed by atoms with van der Waals surface area (Å²) in [6.45, 7) is 2.11. The van der Waals surface area contributed by atoms with Gasteiger partial charge in [-0.2, -0.15) is 0 Å². The highest BCUT2D eigenvalue weighted by Crippen LogP contribution is 2.18. The second-order valence-corrected chi connectivity index (χ2v) is 6.55. The first kappa shape index (κ1) is 15.5. The Morgan fingerprint density at radius 2 is 1.81 bits per heavy atom. The summed E-state index contributed by atoms with van der Waals surface area (Å²) in [7, 11) is -3.68. The summed E-state index contributed by atoms with van der Waals surface area (Å²) in [4.78, 5) is 0.173. The minimum atomic E-state index is -3.68. The van der Waals surface area contributed by atoms with E-state index in [9.17, 15) is 12.8 Å². The van der Waals surface area contributed by atoms with E-state index in [4.69, 9.17) is 0 Å². The zero-order valence-electron chi connectivity index (χ0n) is 11.8. The number of hydrogen-bond acceptors (Lipinski definition) is 2. The van der Waals surface area contributed by atoms with E-state index >= 15 is 0 Å². The van der Waals surface area contributed by atoms with Gasteiger partial charge in [0.15, 0.2) is 0 Å². The van der Waals surface area contributed by atoms with E-state index in [1.54, 1.807) is 12.1 Å². The largest absolute Gasteiger partial charge is 0.280 e. The minimum absolute atomic E-state index is 0.173. The van der Waals surface area contributed by atoms with Crippen LogP contribution in [0.5, 0.6) is 0 Å². The average Bonchev–Trinajstić information content (AvgIpc) is 2.45. The zero-order chi connectivity index (χ0) is 15.3. The summed E-state index contributed by atoms with van der Waals surface area (Å²) in [6, 6.07) is 12.2. The van der Waals surface area contributed by atoms with Crippen molar-refractivity contribution in [1.82, 2.24) is 0 Å². The fourth-order valence-corrected chi connectivity index (χ4v) is 3.03. The number of rotatable bonds is 6. The molecule has 2 aromatic carbocycles. The lowest BCUT2D eigenvalue weighted by atomic mass is 10.1. The summed E-state index contributed by atoms with van der Waals surface area (Å²) in [5, 5.41) is 0. The molecular formula is C16H18FNO2S. The molecule has 0 unspecified atom stereocenters. The Hall–Kier alpha value is -1.88. The van der Waals surface area contributed by atoms with Gasteiger partial charge in [0.05, 0.1) is 10.6 Å². The molecule has 5 heteroatoms. The van der Waals surface area contributed by atoms with Crippen molar-refractivity contribution in [1.29, 1.82) is 0 Å². The summed E-state index contributed by atoms with van der Waals surface area (Å²) in [5.41, 5.74) is 1.33. The predicted molar refractivity (Wildman–Crippen MR) is 82.3 cm³/mol. The van der Waals surface area contributed by atoms with Gasteiger partial charge in [-0.3, -0.25) is 4.72 Å². The SMILES string of the molecule is CCCCc1ccc(S(=O)(=O)Nc2cccc(F)c2)cc1. The molecule has 0 aliphatic rings. The molecule has 0 saturated heterocycles. The fraction of sp³-hybridized carbons (Fsp3) is 0.250. The quantitative estimate of drug-likeness (QED) is 0.877. The van der Waals surface area contributed by atoms with Crippen molar-refractivity contribution in [2.75, 3.05) is 4.72 Å². The fourth-order valence-electron chi connectivity index (χ4n) is 1.98. The molecule has 0 radical (unpaired) electrons. The maximum atomic E-state index is 13.1. The van der Waals surface area contributed by atoms with E-state index in [1.165, 1.54) is 18.2 Å². The van der Waals surface area contributed by atoms with Gasteiger partial charge in [0, 0.05) is 0 Å². The Bertz CT molecular complexity index is 696. The molecule has 3 nitrogen and oxygen atoms in total. The first-order valence-electron chi connectivity index (χ1n) is 6.88. The predicted octanol–water partition coefficient (Wildman–Crippen LogP) is 3.97. The third-order valence-corrected chi connectivity index (χ3v) is 4.53. The van der Waals surface area contributed by atoms with Gasteiger partial charge >= 0.3 is 0 Å². The zero-order valence-corrected chi connectivity index (χ0v) is 12.7. The van der Waals surface area contributed by atoms with E-state index in [-0.39, 0.29) is 10.6 Å². The van der Waals surface area contributed by atoms with Gasteiger partial charge in [-0.05, 0) is 48.7 Å². The maximum absolute atomic E-state index is 13.1. The maximum Gasteiger partial charge on any atom is 0.261 e. The van der Waals surface area contributed by atoms with Crippen LogP contribution in [0.15, 0.2) is 53.4 Å². The highest BCUT2D eigenvalue weighted by molar-refractivity contribution is 7.92. The monoisotopic (exact) mass is 307 g/mol. The number of benzene rings is 2. The Morgan fingerprint density at radius 1 is 1.10 bits per heavy atom. The van der Waals surface area contributed by atoms with Gasteiger partial charge in [0.1, 0.15) is 5.82 Å². The second-order valence-electron chi connectivity index (χ2n) is 4.86. The van der Waals surface area contributed by atoms with Crippen molar-refractivity contribution in [2.45, 2.75) is 31.1 Å². The third kappa shape index (κ3) is 4.29. The van der Waals surface area contributed by atoms with Gasteiger partial charge in [-0.1, -0.05) is 31.5 Å². The minimum Gasteiger partial charge on any atom is -0.280 e. The van der Waals surface area contributed by atoms with Gasteiger partial charge < -0.3 is 0 Å². The van der Waals surface area contributed by atoms with Crippen LogP contribution in [0.4, 0.5) is 10.1 Å². The van der Waals surface area contributed by atoms with Gasteiger partial charge in [0.2, 0.25) is 0 Å². The summed E-state index contributed by atoms with van der Waals surface area (Å²) in [6.07, 6.45) is 3.11. The number of unbranched alkanes of at least 4 members (excludes halogenated alkanes) is 1. The summed E-state index contributed by atoms with van der Waals surface area (Å²) in [5.74, 6) is -0.481. The molecule has 112 valence electrons. The van der Waals surface area contributed by atoms with E-state index in [1.807, 2.05) is 12.1 Å². The molecule has 0 saturated carbocycles. The standard InChI is InChI=1S/C16H18FNO2S/c1-2-3-5-13-8-10-16(11-9-13)21(19,20)18-15-7-4-6-14(17)12-15/h4,6-12,18H,2-3,5H2,1H3. The number of sulfonamides is 1. The first-order chi connectivity index (χ1) is 10.0. The number of anilines is 1. The van der Waals surface area contributed by atoms with E-state index in [0.717, 1.165) is 30.9 Å². The van der Waals surface area contributed by atoms with Gasteiger partial charge in [-0.15, -0.1) is 0 Å². The van der Waals surface area contributed by atoms with Crippen molar-refractivity contribution in [2.24, 2.45) is 0 Å². The van der Waals surface area contributed by atoms with Crippen LogP contribution in [0.25, 0.3) is 0 Å². The molecule has 21 heavy (non-hydrogen) atoms. The highest BCUT2D eigenvalue weighted by atomic mass is 32.2. The molecule has 0 aliphatic heterocycles. The molecule has 0 aromatic heterocycles. The molecule has 0 amide bonds. The summed E-state index contributed by atoms with van der Waals surface area (Å²) >= 11 is 0. The lowest BCUT2D eigenvalue weighted by molar-refractivity contribution is 0.601. The van der Waals surface area contributed by atoms with E-state index in [0.29, 0.717) is 0 Å². The number of hydrogen-bond donors (Lipinski definition) is 1. The molecule has 0 fully saturated rings. The third-order valence-electron chi connectivity index (χ3n) is 3.13. The van der Waals surface area contributed by atoms with Crippen LogP contribution in [-0.4, -0.2) is 8.42 Å². The molecule has 0 spiro atoms. The number of aryl methyl sites for hydroxylation is 1. The van der Waals surface area contributed by atoms with Crippen LogP contribution >= 0.6 is 0 Å². The van der Waals surface area contributed by atoms with Crippen LogP contribution in [0, 0.1) is 5.82 Å². The smallest absolute Gasteiger partial charge is 0.261 e. The molecule has 0 heterocycles. The van der Waals surface area contributed by atoms with Crippen molar-refractivity contribution in [3.63, 3.8) is 0 Å². The topological polar surface area (TPSA) is 46.2 Å². The van der Waals surface area contributed by atoms with Crippen molar-refractivity contribution < 1.29 is 12.8 Å². The Kier molecular flexibility index (Phi) is 4.96. The molecule has 2 rings (SSSR count). The molecule has 1 N–H and O–H groups in total. The molecule has 2 aromatic rings. The highest BCUT2D eigenvalue weighted by Gasteiger charge is 2.14. The van der Waals surface area contributed by atoms with Crippen molar-refractivity contribution in [3.05, 3.63) is 59.9 Å². The normalized spacial score (nSPS) is 11.3. The van der Waals surface area contributed by atoms with E-state index < -0.39 is 15.8 Å². The molecule has 0 aliphatic carbocycles. The number of halogens is 1. The van der Waals surface area contributed by atoms with E-state index in [2.05, 4.69) is 11.6 Å². The van der Waals surface area contributed by atoms with Gasteiger partial charge in [-0.25, -0.2) is 12.8 Å². The van der Waals surface area contributed by atoms with Crippen LogP contribution < -0.4 is 4.72 Å². The Labute approximate surface area is 124 Å². The number of nitrogens with one attached hydrogen (secondary N) is 1.